The molecule has 0 amide bonds. The molecule has 3 aromatic rings. The third-order valence-electron chi connectivity index (χ3n) is 3.04. The van der Waals surface area contributed by atoms with Crippen LogP contribution in [0.3, 0.4) is 0 Å². The lowest BCUT2D eigenvalue weighted by Gasteiger charge is -1.96. The van der Waals surface area contributed by atoms with E-state index in [1.54, 1.807) is 0 Å². The number of rotatable bonds is 1. The molecule has 3 rings (SSSR count). The molecule has 2 aromatic heterocycles. The second-order valence-corrected chi connectivity index (χ2v) is 4.16. The van der Waals surface area contributed by atoms with Crippen LogP contribution in [0, 0.1) is 6.92 Å². The van der Waals surface area contributed by atoms with Crippen molar-refractivity contribution in [3.05, 3.63) is 35.7 Å². The lowest BCUT2D eigenvalue weighted by Crippen LogP contribution is -2.02. The van der Waals surface area contributed by atoms with Crippen LogP contribution in [0.25, 0.3) is 16.8 Å². The summed E-state index contributed by atoms with van der Waals surface area (Å²) >= 11 is 0. The highest BCUT2D eigenvalue weighted by Crippen LogP contribution is 2.19. The lowest BCUT2D eigenvalue weighted by molar-refractivity contribution is 0.840. The summed E-state index contributed by atoms with van der Waals surface area (Å²) in [5, 5.41) is 0. The monoisotopic (exact) mass is 214 g/mol. The number of fused-ring (bicyclic) bond motifs is 3. The van der Waals surface area contributed by atoms with Gasteiger partial charge in [-0.1, -0.05) is 6.07 Å². The number of imidazole rings is 2. The number of hydrogen-bond acceptors (Lipinski definition) is 2. The summed E-state index contributed by atoms with van der Waals surface area (Å²) in [6.45, 7) is 2.61. The van der Waals surface area contributed by atoms with E-state index >= 15 is 0 Å². The second-order valence-electron chi connectivity index (χ2n) is 4.16. The Labute approximate surface area is 93.3 Å². The van der Waals surface area contributed by atoms with E-state index in [2.05, 4.69) is 40.7 Å². The third kappa shape index (κ3) is 1.10. The molecule has 0 atom stereocenters. The maximum atomic E-state index is 5.68. The molecular formula is C12H14N4. The Morgan fingerprint density at radius 2 is 2.19 bits per heavy atom. The van der Waals surface area contributed by atoms with Crippen molar-refractivity contribution in [2.45, 2.75) is 13.5 Å². The van der Waals surface area contributed by atoms with Gasteiger partial charge in [0.25, 0.3) is 0 Å². The average molecular weight is 214 g/mol. The summed E-state index contributed by atoms with van der Waals surface area (Å²) in [7, 11) is 2.00. The number of hydrogen-bond donors (Lipinski definition) is 1. The van der Waals surface area contributed by atoms with Gasteiger partial charge in [0, 0.05) is 19.8 Å². The number of aryl methyl sites for hydroxylation is 2. The molecule has 2 N–H and O–H groups in total. The van der Waals surface area contributed by atoms with E-state index in [0.29, 0.717) is 6.54 Å². The largest absolute Gasteiger partial charge is 0.325 e. The molecule has 0 aliphatic rings. The van der Waals surface area contributed by atoms with Gasteiger partial charge >= 0.3 is 0 Å². The Morgan fingerprint density at radius 3 is 2.94 bits per heavy atom. The van der Waals surface area contributed by atoms with Crippen LogP contribution >= 0.6 is 0 Å². The van der Waals surface area contributed by atoms with Crippen molar-refractivity contribution in [1.82, 2.24) is 14.0 Å². The van der Waals surface area contributed by atoms with Gasteiger partial charge in [0.15, 0.2) is 0 Å². The SMILES string of the molecule is Cc1ccc2c(c1)nc1n(C)c(CN)cn21. The van der Waals surface area contributed by atoms with Crippen LogP contribution in [-0.4, -0.2) is 14.0 Å². The summed E-state index contributed by atoms with van der Waals surface area (Å²) in [4.78, 5) is 4.61. The van der Waals surface area contributed by atoms with Crippen molar-refractivity contribution in [2.24, 2.45) is 12.8 Å². The van der Waals surface area contributed by atoms with Crippen LogP contribution in [0.1, 0.15) is 11.3 Å². The molecule has 4 nitrogen and oxygen atoms in total. The fraction of sp³-hybridized carbons (Fsp3) is 0.250. The fourth-order valence-corrected chi connectivity index (χ4v) is 2.11. The van der Waals surface area contributed by atoms with Gasteiger partial charge < -0.3 is 10.3 Å². The predicted molar refractivity (Wildman–Crippen MR) is 64.3 cm³/mol. The van der Waals surface area contributed by atoms with E-state index in [0.717, 1.165) is 22.5 Å². The summed E-state index contributed by atoms with van der Waals surface area (Å²) in [5.74, 6) is 0.945. The molecule has 2 heterocycles. The van der Waals surface area contributed by atoms with E-state index in [9.17, 15) is 0 Å². The number of aromatic nitrogens is 3. The smallest absolute Gasteiger partial charge is 0.214 e. The standard InChI is InChI=1S/C12H14N4/c1-8-3-4-11-10(5-8)14-12-15(2)9(6-13)7-16(11)12/h3-5,7H,6,13H2,1-2H3. The summed E-state index contributed by atoms with van der Waals surface area (Å²) < 4.78 is 4.13. The molecular weight excluding hydrogens is 200 g/mol. The maximum absolute atomic E-state index is 5.68. The molecule has 0 aliphatic heterocycles. The van der Waals surface area contributed by atoms with Gasteiger partial charge in [0.1, 0.15) is 0 Å². The molecule has 1 aromatic carbocycles. The minimum Gasteiger partial charge on any atom is -0.325 e. The molecule has 0 saturated heterocycles. The molecule has 4 heteroatoms. The van der Waals surface area contributed by atoms with Crippen molar-refractivity contribution in [1.29, 1.82) is 0 Å². The normalized spacial score (nSPS) is 11.7. The van der Waals surface area contributed by atoms with E-state index in [1.807, 2.05) is 11.6 Å². The number of benzene rings is 1. The van der Waals surface area contributed by atoms with Crippen molar-refractivity contribution < 1.29 is 0 Å². The molecule has 0 bridgehead atoms. The Morgan fingerprint density at radius 1 is 1.38 bits per heavy atom. The highest BCUT2D eigenvalue weighted by Gasteiger charge is 2.10. The highest BCUT2D eigenvalue weighted by molar-refractivity contribution is 5.80. The summed E-state index contributed by atoms with van der Waals surface area (Å²) in [5.41, 5.74) is 10.2. The average Bonchev–Trinajstić information content (AvgIpc) is 2.75. The minimum atomic E-state index is 0.535. The van der Waals surface area contributed by atoms with Crippen molar-refractivity contribution in [3.63, 3.8) is 0 Å². The molecule has 0 radical (unpaired) electrons. The van der Waals surface area contributed by atoms with E-state index in [4.69, 9.17) is 5.73 Å². The Balaban J connectivity index is 2.45. The molecule has 0 aliphatic carbocycles. The van der Waals surface area contributed by atoms with Crippen molar-refractivity contribution >= 4 is 16.8 Å². The van der Waals surface area contributed by atoms with E-state index in [-0.39, 0.29) is 0 Å². The first-order chi connectivity index (χ1) is 7.70. The number of nitrogens with two attached hydrogens (primary N) is 1. The fourth-order valence-electron chi connectivity index (χ4n) is 2.11. The molecule has 0 spiro atoms. The first kappa shape index (κ1) is 9.42. The van der Waals surface area contributed by atoms with Gasteiger partial charge in [-0.25, -0.2) is 4.98 Å². The molecule has 82 valence electrons. The van der Waals surface area contributed by atoms with Crippen LogP contribution in [0.2, 0.25) is 0 Å². The Kier molecular flexibility index (Phi) is 1.82. The third-order valence-corrected chi connectivity index (χ3v) is 3.04. The van der Waals surface area contributed by atoms with Crippen molar-refractivity contribution in [3.8, 4) is 0 Å². The van der Waals surface area contributed by atoms with Gasteiger partial charge in [-0.3, -0.25) is 4.40 Å². The van der Waals surface area contributed by atoms with Crippen LogP contribution < -0.4 is 5.73 Å². The highest BCUT2D eigenvalue weighted by atomic mass is 15.2. The summed E-state index contributed by atoms with van der Waals surface area (Å²) in [6, 6.07) is 6.31. The lowest BCUT2D eigenvalue weighted by atomic mass is 10.2. The zero-order chi connectivity index (χ0) is 11.3. The van der Waals surface area contributed by atoms with E-state index < -0.39 is 0 Å². The Hall–Kier alpha value is -1.81. The second kappa shape index (κ2) is 3.09. The van der Waals surface area contributed by atoms with Gasteiger partial charge in [0.05, 0.1) is 16.7 Å². The quantitative estimate of drug-likeness (QED) is 0.668. The Bertz CT molecular complexity index is 675. The molecule has 0 saturated carbocycles. The van der Waals surface area contributed by atoms with Crippen LogP contribution in [0.4, 0.5) is 0 Å². The first-order valence-electron chi connectivity index (χ1n) is 5.34. The van der Waals surface area contributed by atoms with Gasteiger partial charge in [0.2, 0.25) is 5.78 Å². The van der Waals surface area contributed by atoms with Crippen LogP contribution in [-0.2, 0) is 13.6 Å². The molecule has 16 heavy (non-hydrogen) atoms. The molecule has 0 fully saturated rings. The first-order valence-corrected chi connectivity index (χ1v) is 5.34. The maximum Gasteiger partial charge on any atom is 0.214 e. The zero-order valence-corrected chi connectivity index (χ0v) is 9.44. The number of nitrogens with zero attached hydrogens (tertiary/aromatic N) is 3. The summed E-state index contributed by atoms with van der Waals surface area (Å²) in [6.07, 6.45) is 2.06. The van der Waals surface area contributed by atoms with Crippen molar-refractivity contribution in [2.75, 3.05) is 0 Å². The topological polar surface area (TPSA) is 48.2 Å². The van der Waals surface area contributed by atoms with E-state index in [1.165, 1.54) is 5.56 Å². The van der Waals surface area contributed by atoms with Gasteiger partial charge in [-0.2, -0.15) is 0 Å². The zero-order valence-electron chi connectivity index (χ0n) is 9.44. The predicted octanol–water partition coefficient (Wildman–Crippen LogP) is 1.59. The van der Waals surface area contributed by atoms with Gasteiger partial charge in [-0.15, -0.1) is 0 Å². The van der Waals surface area contributed by atoms with Gasteiger partial charge in [-0.05, 0) is 24.6 Å². The molecule has 0 unspecified atom stereocenters. The van der Waals surface area contributed by atoms with Crippen LogP contribution in [0.15, 0.2) is 24.4 Å². The van der Waals surface area contributed by atoms with Crippen LogP contribution in [0.5, 0.6) is 0 Å². The minimum absolute atomic E-state index is 0.535.